The average Bonchev–Trinajstić information content (AvgIpc) is 3.84. The minimum atomic E-state index is -0.941. The number of fused-ring (bicyclic) bond motifs is 1. The number of guanidine groups is 1. The van der Waals surface area contributed by atoms with Gasteiger partial charge in [-0.2, -0.15) is 0 Å². The fourth-order valence-corrected chi connectivity index (χ4v) is 7.61. The number of nitrogens with one attached hydrogen (secondary N) is 3. The van der Waals surface area contributed by atoms with Crippen LogP contribution in [0.3, 0.4) is 0 Å². The first-order valence-electron chi connectivity index (χ1n) is 21.9. The number of benzene rings is 3. The Kier molecular flexibility index (Phi) is 16.2. The van der Waals surface area contributed by atoms with E-state index in [-0.39, 0.29) is 37.0 Å². The number of carbonyl (C=O) groups excluding carboxylic acids is 5. The third-order valence-corrected chi connectivity index (χ3v) is 10.2. The number of rotatable bonds is 12. The summed E-state index contributed by atoms with van der Waals surface area (Å²) in [4.78, 5) is 75.3. The van der Waals surface area contributed by atoms with Gasteiger partial charge in [0.1, 0.15) is 28.9 Å². The minimum absolute atomic E-state index is 0.132. The quantitative estimate of drug-likeness (QED) is 0.0715. The van der Waals surface area contributed by atoms with E-state index < -0.39 is 53.1 Å². The van der Waals surface area contributed by atoms with Crippen LogP contribution in [0.1, 0.15) is 106 Å². The van der Waals surface area contributed by atoms with E-state index in [9.17, 15) is 24.0 Å². The Morgan fingerprint density at radius 3 is 2.00 bits per heavy atom. The van der Waals surface area contributed by atoms with Crippen molar-refractivity contribution in [3.05, 3.63) is 83.9 Å². The van der Waals surface area contributed by atoms with E-state index >= 15 is 0 Å². The molecule has 3 N–H and O–H groups in total. The summed E-state index contributed by atoms with van der Waals surface area (Å²) in [5.41, 5.74) is -0.451. The van der Waals surface area contributed by atoms with Crippen molar-refractivity contribution in [2.45, 2.75) is 148 Å². The van der Waals surface area contributed by atoms with Crippen LogP contribution in [0.5, 0.6) is 0 Å². The number of hydrogen-bond donors (Lipinski definition) is 3. The number of hydrogen-bond acceptors (Lipinski definition) is 10. The zero-order valence-electron chi connectivity index (χ0n) is 38.3. The number of likely N-dealkylation sites (tertiary alicyclic amines) is 2. The molecule has 5 rings (SSSR count). The Labute approximate surface area is 371 Å². The van der Waals surface area contributed by atoms with Crippen molar-refractivity contribution in [2.75, 3.05) is 19.6 Å². The molecular weight excluding hydrogens is 805 g/mol. The molecule has 0 aliphatic carbocycles. The van der Waals surface area contributed by atoms with Crippen molar-refractivity contribution in [2.24, 2.45) is 4.99 Å². The van der Waals surface area contributed by atoms with E-state index in [0.717, 1.165) is 21.9 Å². The first-order chi connectivity index (χ1) is 29.6. The molecule has 4 atom stereocenters. The highest BCUT2D eigenvalue weighted by Gasteiger charge is 2.42. The fraction of sp³-hybridized carbons (Fsp3) is 0.542. The smallest absolute Gasteiger partial charge is 0.414 e. The van der Waals surface area contributed by atoms with Gasteiger partial charge in [-0.05, 0) is 122 Å². The molecule has 2 fully saturated rings. The maximum Gasteiger partial charge on any atom is 0.414 e. The molecule has 2 heterocycles. The van der Waals surface area contributed by atoms with Crippen LogP contribution < -0.4 is 16.0 Å². The van der Waals surface area contributed by atoms with Crippen LogP contribution in [0, 0.1) is 0 Å². The highest BCUT2D eigenvalue weighted by Crippen LogP contribution is 2.28. The van der Waals surface area contributed by atoms with Crippen molar-refractivity contribution in [1.82, 2.24) is 25.8 Å². The normalized spacial score (nSPS) is 18.3. The van der Waals surface area contributed by atoms with Gasteiger partial charge in [0, 0.05) is 32.1 Å². The molecule has 2 aliphatic rings. The molecule has 3 aromatic carbocycles. The predicted molar refractivity (Wildman–Crippen MR) is 241 cm³/mol. The monoisotopic (exact) mass is 870 g/mol. The molecule has 0 spiro atoms. The first-order valence-corrected chi connectivity index (χ1v) is 21.9. The lowest BCUT2D eigenvalue weighted by Gasteiger charge is -2.31. The second kappa shape index (κ2) is 21.1. The lowest BCUT2D eigenvalue weighted by molar-refractivity contribution is -0.138. The van der Waals surface area contributed by atoms with Crippen molar-refractivity contribution >= 4 is 46.8 Å². The summed E-state index contributed by atoms with van der Waals surface area (Å²) in [5, 5.41) is 10.3. The Bertz CT molecular complexity index is 2060. The average molecular weight is 871 g/mol. The number of carbonyl (C=O) groups is 5. The van der Waals surface area contributed by atoms with Gasteiger partial charge in [-0.15, -0.1) is 0 Å². The van der Waals surface area contributed by atoms with Crippen molar-refractivity contribution in [3.63, 3.8) is 0 Å². The molecule has 63 heavy (non-hydrogen) atoms. The summed E-state index contributed by atoms with van der Waals surface area (Å²) in [6.45, 7) is 16.9. The fourth-order valence-electron chi connectivity index (χ4n) is 7.61. The number of alkyl carbamates (subject to hydrolysis) is 2. The van der Waals surface area contributed by atoms with Crippen molar-refractivity contribution < 1.29 is 42.9 Å². The number of ether oxygens (including phenoxy) is 4. The zero-order chi connectivity index (χ0) is 46.0. The number of nitrogens with zero attached hydrogens (tertiary/aromatic N) is 3. The van der Waals surface area contributed by atoms with Gasteiger partial charge in [-0.25, -0.2) is 14.4 Å². The van der Waals surface area contributed by atoms with Gasteiger partial charge in [-0.3, -0.25) is 30.1 Å². The standard InChI is InChI=1S/C48H66N6O9/c1-46(2,3)61-43(57)51-42(52-44(58)62-47(4,5)6)49-25-15-21-36-29-37(60-31-33-23-24-34-19-13-14-20-35(34)27-33)30-54(36)41(56)38(28-32-17-11-10-12-18-32)50-40(55)39-22-16-26-53(39)45(59)63-48(7,8)9/h10-14,17-20,23-24,27,36-39H,15-16,21-22,25-26,28-31H2,1-9H3,(H,50,55)(H2,49,51,52,57,58)/t36-,37+,38+,39+/m0/s1. The summed E-state index contributed by atoms with van der Waals surface area (Å²) < 4.78 is 22.9. The van der Waals surface area contributed by atoms with E-state index in [2.05, 4.69) is 45.2 Å². The van der Waals surface area contributed by atoms with Gasteiger partial charge in [0.05, 0.1) is 12.7 Å². The number of amides is 5. The molecular formula is C48H66N6O9. The summed E-state index contributed by atoms with van der Waals surface area (Å²) >= 11 is 0. The predicted octanol–water partition coefficient (Wildman–Crippen LogP) is 7.64. The molecule has 0 radical (unpaired) electrons. The second-order valence-electron chi connectivity index (χ2n) is 19.2. The van der Waals surface area contributed by atoms with Gasteiger partial charge in [0.25, 0.3) is 0 Å². The van der Waals surface area contributed by atoms with E-state index in [1.165, 1.54) is 4.90 Å². The van der Waals surface area contributed by atoms with Crippen molar-refractivity contribution in [1.29, 1.82) is 0 Å². The first kappa shape index (κ1) is 48.3. The molecule has 15 heteroatoms. The minimum Gasteiger partial charge on any atom is -0.444 e. The van der Waals surface area contributed by atoms with Gasteiger partial charge in [0.2, 0.25) is 17.8 Å². The van der Waals surface area contributed by atoms with Gasteiger partial charge < -0.3 is 29.2 Å². The third-order valence-electron chi connectivity index (χ3n) is 10.2. The van der Waals surface area contributed by atoms with Crippen molar-refractivity contribution in [3.8, 4) is 0 Å². The van der Waals surface area contributed by atoms with Crippen LogP contribution in [-0.4, -0.2) is 107 Å². The third kappa shape index (κ3) is 15.6. The molecule has 0 bridgehead atoms. The van der Waals surface area contributed by atoms with Crippen LogP contribution in [0.2, 0.25) is 0 Å². The summed E-state index contributed by atoms with van der Waals surface area (Å²) in [6.07, 6.45) is 0.335. The van der Waals surface area contributed by atoms with Crippen LogP contribution in [0.15, 0.2) is 77.8 Å². The molecule has 0 aromatic heterocycles. The van der Waals surface area contributed by atoms with Crippen LogP contribution in [0.25, 0.3) is 10.8 Å². The maximum atomic E-state index is 14.9. The molecule has 342 valence electrons. The summed E-state index contributed by atoms with van der Waals surface area (Å²) in [7, 11) is 0. The lowest BCUT2D eigenvalue weighted by Crippen LogP contribution is -2.55. The van der Waals surface area contributed by atoms with E-state index in [1.807, 2.05) is 48.5 Å². The molecule has 0 saturated carbocycles. The molecule has 15 nitrogen and oxygen atoms in total. The maximum absolute atomic E-state index is 14.9. The van der Waals surface area contributed by atoms with Crippen LogP contribution >= 0.6 is 0 Å². The molecule has 5 amide bonds. The van der Waals surface area contributed by atoms with E-state index in [1.54, 1.807) is 67.2 Å². The number of aliphatic imine (C=N–C) groups is 1. The Hall–Kier alpha value is -5.70. The largest absolute Gasteiger partial charge is 0.444 e. The SMILES string of the molecule is CC(C)(C)OC(=O)NC(=NCCC[C@H]1C[C@@H](OCc2ccc3ccccc3c2)CN1C(=O)[C@@H](Cc1ccccc1)NC(=O)[C@H]1CCCN1C(=O)OC(C)(C)C)NC(=O)OC(C)(C)C. The lowest BCUT2D eigenvalue weighted by atomic mass is 10.0. The molecule has 3 aromatic rings. The van der Waals surface area contributed by atoms with Crippen LogP contribution in [0.4, 0.5) is 14.4 Å². The van der Waals surface area contributed by atoms with Gasteiger partial charge in [0.15, 0.2) is 0 Å². The Morgan fingerprint density at radius 2 is 1.37 bits per heavy atom. The highest BCUT2D eigenvalue weighted by atomic mass is 16.6. The van der Waals surface area contributed by atoms with E-state index in [0.29, 0.717) is 51.8 Å². The van der Waals surface area contributed by atoms with E-state index in [4.69, 9.17) is 18.9 Å². The molecule has 2 aliphatic heterocycles. The summed E-state index contributed by atoms with van der Waals surface area (Å²) in [6, 6.07) is 21.8. The van der Waals surface area contributed by atoms with Gasteiger partial charge in [-0.1, -0.05) is 66.7 Å². The second-order valence-corrected chi connectivity index (χ2v) is 19.2. The topological polar surface area (TPSA) is 177 Å². The highest BCUT2D eigenvalue weighted by molar-refractivity contribution is 6.01. The zero-order valence-corrected chi connectivity index (χ0v) is 38.3. The Balaban J connectivity index is 1.36. The molecule has 0 unspecified atom stereocenters. The van der Waals surface area contributed by atoms with Crippen LogP contribution in [-0.2, 0) is 41.6 Å². The Morgan fingerprint density at radius 1 is 0.746 bits per heavy atom. The summed E-state index contributed by atoms with van der Waals surface area (Å²) in [5.74, 6) is -0.810. The molecule has 2 saturated heterocycles. The van der Waals surface area contributed by atoms with Gasteiger partial charge >= 0.3 is 18.3 Å².